The molecule has 3 aromatic rings. The van der Waals surface area contributed by atoms with Gasteiger partial charge in [0.1, 0.15) is 10.5 Å². The van der Waals surface area contributed by atoms with Gasteiger partial charge in [0.25, 0.3) is 11.5 Å². The molecule has 2 aromatic heterocycles. The first-order chi connectivity index (χ1) is 9.52. The predicted octanol–water partition coefficient (Wildman–Crippen LogP) is 2.58. The van der Waals surface area contributed by atoms with Crippen molar-refractivity contribution in [3.8, 4) is 0 Å². The maximum absolute atomic E-state index is 12.1. The van der Waals surface area contributed by atoms with Crippen LogP contribution in [0.4, 0.5) is 0 Å². The second-order valence-electron chi connectivity index (χ2n) is 4.08. The number of nitrogens with zero attached hydrogens (tertiary/aromatic N) is 1. The van der Waals surface area contributed by atoms with Gasteiger partial charge in [-0.1, -0.05) is 22.9 Å². The molecule has 0 aliphatic heterocycles. The van der Waals surface area contributed by atoms with E-state index in [-0.39, 0.29) is 11.5 Å². The highest BCUT2D eigenvalue weighted by molar-refractivity contribution is 7.73. The number of aromatic amines is 1. The molecule has 0 spiro atoms. The molecule has 5 nitrogen and oxygen atoms in total. The molecule has 0 bridgehead atoms. The average Bonchev–Trinajstić information content (AvgIpc) is 2.75. The van der Waals surface area contributed by atoms with Crippen molar-refractivity contribution in [3.05, 3.63) is 42.4 Å². The smallest absolute Gasteiger partial charge is 0.264 e. The molecule has 0 radical (unpaired) electrons. The van der Waals surface area contributed by atoms with Crippen LogP contribution in [0.25, 0.3) is 16.6 Å². The van der Waals surface area contributed by atoms with Crippen molar-refractivity contribution < 1.29 is 4.79 Å². The number of nitrogens with one attached hydrogen (secondary N) is 2. The van der Waals surface area contributed by atoms with Crippen LogP contribution in [0.15, 0.2) is 23.0 Å². The molecule has 2 N–H and O–H groups in total. The molecular formula is C12H8ClN3O2S2. The maximum atomic E-state index is 12.1. The van der Waals surface area contributed by atoms with Gasteiger partial charge >= 0.3 is 0 Å². The van der Waals surface area contributed by atoms with Crippen molar-refractivity contribution in [1.82, 2.24) is 14.7 Å². The largest absolute Gasteiger partial charge is 0.354 e. The first kappa shape index (κ1) is 13.3. The molecule has 1 amide bonds. The van der Waals surface area contributed by atoms with Crippen LogP contribution in [0.5, 0.6) is 0 Å². The summed E-state index contributed by atoms with van der Waals surface area (Å²) in [7, 11) is 1.53. The van der Waals surface area contributed by atoms with E-state index in [2.05, 4.69) is 10.3 Å². The highest BCUT2D eigenvalue weighted by atomic mass is 35.5. The van der Waals surface area contributed by atoms with Gasteiger partial charge in [0.05, 0.1) is 10.9 Å². The minimum atomic E-state index is -0.305. The second kappa shape index (κ2) is 4.69. The normalized spacial score (nSPS) is 11.1. The maximum Gasteiger partial charge on any atom is 0.264 e. The third-order valence-electron chi connectivity index (χ3n) is 2.92. The molecule has 20 heavy (non-hydrogen) atoms. The van der Waals surface area contributed by atoms with Gasteiger partial charge in [-0.15, -0.1) is 0 Å². The van der Waals surface area contributed by atoms with Crippen molar-refractivity contribution in [2.45, 2.75) is 0 Å². The molecule has 3 rings (SSSR count). The van der Waals surface area contributed by atoms with Crippen LogP contribution in [-0.2, 0) is 0 Å². The zero-order valence-corrected chi connectivity index (χ0v) is 12.6. The number of benzene rings is 1. The Kier molecular flexibility index (Phi) is 3.12. The number of rotatable bonds is 1. The fourth-order valence-electron chi connectivity index (χ4n) is 2.03. The van der Waals surface area contributed by atoms with Crippen molar-refractivity contribution >= 4 is 57.6 Å². The third-order valence-corrected chi connectivity index (χ3v) is 4.53. The Balaban J connectivity index is 2.57. The summed E-state index contributed by atoms with van der Waals surface area (Å²) in [5, 5.41) is 3.43. The average molecular weight is 326 g/mol. The monoisotopic (exact) mass is 325 g/mol. The molecule has 102 valence electrons. The highest BCUT2D eigenvalue weighted by Gasteiger charge is 2.16. The molecule has 2 heterocycles. The first-order valence-electron chi connectivity index (χ1n) is 5.62. The molecule has 1 aromatic carbocycles. The Morgan fingerprint density at radius 2 is 2.25 bits per heavy atom. The SMILES string of the molecule is CNC(=O)c1sc(=S)n2c1[nH]c(=O)c1cc(Cl)ccc12. The number of carbonyl (C=O) groups excluding carboxylic acids is 1. The number of amides is 1. The lowest BCUT2D eigenvalue weighted by Crippen LogP contribution is -2.18. The third kappa shape index (κ3) is 1.86. The Morgan fingerprint density at radius 3 is 2.95 bits per heavy atom. The van der Waals surface area contributed by atoms with Gasteiger partial charge < -0.3 is 10.3 Å². The van der Waals surface area contributed by atoms with Crippen LogP contribution < -0.4 is 10.9 Å². The molecule has 0 saturated carbocycles. The first-order valence-corrected chi connectivity index (χ1v) is 7.22. The van der Waals surface area contributed by atoms with Crippen LogP contribution >= 0.6 is 35.2 Å². The number of carbonyl (C=O) groups is 1. The summed E-state index contributed by atoms with van der Waals surface area (Å²) in [4.78, 5) is 27.0. The van der Waals surface area contributed by atoms with E-state index >= 15 is 0 Å². The summed E-state index contributed by atoms with van der Waals surface area (Å²) in [6.07, 6.45) is 0. The van der Waals surface area contributed by atoms with Crippen molar-refractivity contribution in [2.75, 3.05) is 7.05 Å². The quantitative estimate of drug-likeness (QED) is 0.676. The Labute approximate surface area is 126 Å². The molecule has 0 fully saturated rings. The summed E-state index contributed by atoms with van der Waals surface area (Å²) in [5.41, 5.74) is 0.726. The van der Waals surface area contributed by atoms with E-state index in [0.717, 1.165) is 11.3 Å². The summed E-state index contributed by atoms with van der Waals surface area (Å²) in [6, 6.07) is 4.98. The molecule has 0 saturated heterocycles. The van der Waals surface area contributed by atoms with E-state index in [9.17, 15) is 9.59 Å². The minimum Gasteiger partial charge on any atom is -0.354 e. The van der Waals surface area contributed by atoms with Crippen LogP contribution in [0.1, 0.15) is 9.67 Å². The molecule has 0 unspecified atom stereocenters. The molecule has 0 aliphatic rings. The number of halogens is 1. The van der Waals surface area contributed by atoms with E-state index in [1.54, 1.807) is 22.6 Å². The zero-order chi connectivity index (χ0) is 14.4. The zero-order valence-electron chi connectivity index (χ0n) is 10.2. The number of thiazole rings is 1. The van der Waals surface area contributed by atoms with Gasteiger partial charge in [-0.3, -0.25) is 14.0 Å². The van der Waals surface area contributed by atoms with Gasteiger partial charge in [0, 0.05) is 12.1 Å². The lowest BCUT2D eigenvalue weighted by Gasteiger charge is -2.03. The van der Waals surface area contributed by atoms with E-state index in [1.165, 1.54) is 7.05 Å². The van der Waals surface area contributed by atoms with Crippen LogP contribution in [0.2, 0.25) is 5.02 Å². The van der Waals surface area contributed by atoms with E-state index in [0.29, 0.717) is 30.4 Å². The number of H-pyrrole nitrogens is 1. The molecule has 0 aliphatic carbocycles. The van der Waals surface area contributed by atoms with Crippen LogP contribution in [0, 0.1) is 3.95 Å². The summed E-state index contributed by atoms with van der Waals surface area (Å²) in [6.45, 7) is 0. The molecule has 0 atom stereocenters. The van der Waals surface area contributed by atoms with E-state index in [1.807, 2.05) is 0 Å². The van der Waals surface area contributed by atoms with E-state index < -0.39 is 0 Å². The number of hydrogen-bond acceptors (Lipinski definition) is 4. The fraction of sp³-hybridized carbons (Fsp3) is 0.0833. The van der Waals surface area contributed by atoms with Gasteiger partial charge in [0.15, 0.2) is 3.95 Å². The molecular weight excluding hydrogens is 318 g/mol. The Morgan fingerprint density at radius 1 is 1.50 bits per heavy atom. The summed E-state index contributed by atoms with van der Waals surface area (Å²) in [5.74, 6) is -0.285. The predicted molar refractivity (Wildman–Crippen MR) is 82.6 cm³/mol. The fourth-order valence-corrected chi connectivity index (χ4v) is 3.53. The standard InChI is InChI=1S/C12H8ClN3O2S2/c1-14-11(18)8-9-15-10(17)6-4-5(13)2-3-7(6)16(9)12(19)20-8/h2-4H,1H3,(H,14,18)(H,15,17). The van der Waals surface area contributed by atoms with Gasteiger partial charge in [-0.25, -0.2) is 0 Å². The number of hydrogen-bond donors (Lipinski definition) is 2. The summed E-state index contributed by atoms with van der Waals surface area (Å²) >= 11 is 12.4. The van der Waals surface area contributed by atoms with Crippen LogP contribution in [0.3, 0.4) is 0 Å². The minimum absolute atomic E-state index is 0.285. The van der Waals surface area contributed by atoms with Gasteiger partial charge in [-0.05, 0) is 30.4 Å². The van der Waals surface area contributed by atoms with Crippen molar-refractivity contribution in [2.24, 2.45) is 0 Å². The Bertz CT molecular complexity index is 970. The summed E-state index contributed by atoms with van der Waals surface area (Å²) < 4.78 is 2.17. The highest BCUT2D eigenvalue weighted by Crippen LogP contribution is 2.23. The molecule has 8 heteroatoms. The van der Waals surface area contributed by atoms with Gasteiger partial charge in [0.2, 0.25) is 0 Å². The van der Waals surface area contributed by atoms with Crippen LogP contribution in [-0.4, -0.2) is 22.3 Å². The second-order valence-corrected chi connectivity index (χ2v) is 6.16. The topological polar surface area (TPSA) is 66.4 Å². The van der Waals surface area contributed by atoms with Gasteiger partial charge in [-0.2, -0.15) is 0 Å². The lowest BCUT2D eigenvalue weighted by atomic mass is 10.2. The Hall–Kier alpha value is -1.70. The van der Waals surface area contributed by atoms with Crippen molar-refractivity contribution in [1.29, 1.82) is 0 Å². The lowest BCUT2D eigenvalue weighted by molar-refractivity contribution is 0.0968. The number of fused-ring (bicyclic) bond motifs is 3. The van der Waals surface area contributed by atoms with E-state index in [4.69, 9.17) is 23.8 Å². The number of aromatic nitrogens is 2. The van der Waals surface area contributed by atoms with Crippen molar-refractivity contribution in [3.63, 3.8) is 0 Å².